The van der Waals surface area contributed by atoms with Crippen LogP contribution in [0.1, 0.15) is 12.8 Å². The van der Waals surface area contributed by atoms with Crippen molar-refractivity contribution in [2.24, 2.45) is 0 Å². The van der Waals surface area contributed by atoms with Crippen LogP contribution in [0, 0.1) is 0 Å². The van der Waals surface area contributed by atoms with Gasteiger partial charge in [-0.1, -0.05) is 11.6 Å². The van der Waals surface area contributed by atoms with E-state index in [1.165, 1.54) is 10.6 Å². The van der Waals surface area contributed by atoms with E-state index in [1.54, 1.807) is 19.3 Å². The molecule has 0 radical (unpaired) electrons. The van der Waals surface area contributed by atoms with Gasteiger partial charge in [-0.2, -0.15) is 0 Å². The molecule has 20 heavy (non-hydrogen) atoms. The van der Waals surface area contributed by atoms with E-state index in [0.717, 1.165) is 23.9 Å². The number of halogens is 2. The normalized spacial score (nSPS) is 20.4. The highest BCUT2D eigenvalue weighted by Crippen LogP contribution is 2.29. The molecule has 5 nitrogen and oxygen atoms in total. The van der Waals surface area contributed by atoms with E-state index in [-0.39, 0.29) is 6.04 Å². The summed E-state index contributed by atoms with van der Waals surface area (Å²) >= 11 is 9.54. The molecule has 1 atom stereocenters. The van der Waals surface area contributed by atoms with Crippen molar-refractivity contribution in [2.75, 3.05) is 31.3 Å². The lowest BCUT2D eigenvalue weighted by molar-refractivity contribution is 0.321. The minimum absolute atomic E-state index is 0.0414. The Bertz CT molecular complexity index is 596. The highest BCUT2D eigenvalue weighted by molar-refractivity contribution is 9.10. The molecule has 8 heteroatoms. The van der Waals surface area contributed by atoms with Crippen LogP contribution in [-0.4, -0.2) is 50.1 Å². The molecule has 0 amide bonds. The fourth-order valence-electron chi connectivity index (χ4n) is 2.35. The van der Waals surface area contributed by atoms with Gasteiger partial charge < -0.3 is 4.90 Å². The number of sulfonamides is 1. The van der Waals surface area contributed by atoms with Crippen molar-refractivity contribution >= 4 is 43.4 Å². The molecule has 0 aliphatic carbocycles. The Morgan fingerprint density at radius 1 is 1.55 bits per heavy atom. The van der Waals surface area contributed by atoms with Gasteiger partial charge in [-0.05, 0) is 34.8 Å². The zero-order valence-electron chi connectivity index (χ0n) is 11.4. The van der Waals surface area contributed by atoms with Crippen LogP contribution >= 0.6 is 27.5 Å². The first-order valence-electron chi connectivity index (χ1n) is 6.28. The number of aromatic nitrogens is 1. The average molecular weight is 383 g/mol. The molecular weight excluding hydrogens is 366 g/mol. The van der Waals surface area contributed by atoms with E-state index in [9.17, 15) is 8.42 Å². The molecule has 2 heterocycles. The number of hydrogen-bond acceptors (Lipinski definition) is 4. The summed E-state index contributed by atoms with van der Waals surface area (Å²) in [6, 6.07) is 1.76. The van der Waals surface area contributed by atoms with Crippen LogP contribution < -0.4 is 4.90 Å². The number of anilines is 1. The van der Waals surface area contributed by atoms with E-state index >= 15 is 0 Å². The van der Waals surface area contributed by atoms with E-state index in [2.05, 4.69) is 20.9 Å². The van der Waals surface area contributed by atoms with Crippen molar-refractivity contribution in [1.29, 1.82) is 0 Å². The van der Waals surface area contributed by atoms with Crippen LogP contribution in [0.2, 0.25) is 5.02 Å². The Balaban J connectivity index is 2.18. The van der Waals surface area contributed by atoms with E-state index in [1.807, 2.05) is 4.90 Å². The monoisotopic (exact) mass is 381 g/mol. The average Bonchev–Trinajstić information content (AvgIpc) is 2.37. The topological polar surface area (TPSA) is 53.5 Å². The number of nitrogens with zero attached hydrogens (tertiary/aromatic N) is 3. The third kappa shape index (κ3) is 3.63. The van der Waals surface area contributed by atoms with Gasteiger partial charge in [0.05, 0.1) is 11.3 Å². The third-order valence-corrected chi connectivity index (χ3v) is 5.58. The highest BCUT2D eigenvalue weighted by Gasteiger charge is 2.29. The minimum Gasteiger partial charge on any atom is -0.354 e. The zero-order chi connectivity index (χ0) is 14.9. The summed E-state index contributed by atoms with van der Waals surface area (Å²) in [6.07, 6.45) is 4.70. The van der Waals surface area contributed by atoms with Crippen LogP contribution in [0.5, 0.6) is 0 Å². The molecule has 1 saturated heterocycles. The fraction of sp³-hybridized carbons (Fsp3) is 0.583. The van der Waals surface area contributed by atoms with Crippen molar-refractivity contribution in [1.82, 2.24) is 9.29 Å². The lowest BCUT2D eigenvalue weighted by Crippen LogP contribution is -2.48. The molecule has 0 spiro atoms. The largest absolute Gasteiger partial charge is 0.354 e. The molecule has 1 aromatic heterocycles. The second kappa shape index (κ2) is 6.17. The molecule has 0 saturated carbocycles. The molecule has 1 aliphatic rings. The molecule has 112 valence electrons. The SMILES string of the molecule is CN(C1CCCN(c2ncc(Br)cc2Cl)C1)S(C)(=O)=O. The van der Waals surface area contributed by atoms with Crippen LogP contribution in [0.3, 0.4) is 0 Å². The van der Waals surface area contributed by atoms with Gasteiger partial charge in [-0.3, -0.25) is 0 Å². The van der Waals surface area contributed by atoms with E-state index in [0.29, 0.717) is 17.4 Å². The zero-order valence-corrected chi connectivity index (χ0v) is 14.5. The molecule has 2 rings (SSSR count). The summed E-state index contributed by atoms with van der Waals surface area (Å²) in [7, 11) is -1.55. The Hall–Kier alpha value is -0.370. The van der Waals surface area contributed by atoms with Gasteiger partial charge in [-0.25, -0.2) is 17.7 Å². The van der Waals surface area contributed by atoms with Gasteiger partial charge in [0.2, 0.25) is 10.0 Å². The second-order valence-electron chi connectivity index (χ2n) is 4.98. The summed E-state index contributed by atoms with van der Waals surface area (Å²) in [5.74, 6) is 0.710. The van der Waals surface area contributed by atoms with Crippen molar-refractivity contribution in [3.8, 4) is 0 Å². The van der Waals surface area contributed by atoms with Gasteiger partial charge in [0, 0.05) is 36.8 Å². The molecule has 1 aliphatic heterocycles. The Morgan fingerprint density at radius 2 is 2.25 bits per heavy atom. The van der Waals surface area contributed by atoms with E-state index < -0.39 is 10.0 Å². The Morgan fingerprint density at radius 3 is 2.85 bits per heavy atom. The van der Waals surface area contributed by atoms with Crippen LogP contribution in [-0.2, 0) is 10.0 Å². The highest BCUT2D eigenvalue weighted by atomic mass is 79.9. The van der Waals surface area contributed by atoms with Gasteiger partial charge >= 0.3 is 0 Å². The van der Waals surface area contributed by atoms with Crippen molar-refractivity contribution in [3.63, 3.8) is 0 Å². The number of rotatable bonds is 3. The maximum atomic E-state index is 11.6. The lowest BCUT2D eigenvalue weighted by atomic mass is 10.1. The first-order chi connectivity index (χ1) is 9.29. The van der Waals surface area contributed by atoms with E-state index in [4.69, 9.17) is 11.6 Å². The molecule has 0 N–H and O–H groups in total. The maximum Gasteiger partial charge on any atom is 0.211 e. The van der Waals surface area contributed by atoms with Gasteiger partial charge in [-0.15, -0.1) is 0 Å². The molecular formula is C12H17BrClN3O2S. The third-order valence-electron chi connectivity index (χ3n) is 3.52. The van der Waals surface area contributed by atoms with Crippen LogP contribution in [0.15, 0.2) is 16.7 Å². The van der Waals surface area contributed by atoms with Crippen molar-refractivity contribution < 1.29 is 8.42 Å². The van der Waals surface area contributed by atoms with Gasteiger partial charge in [0.1, 0.15) is 5.82 Å². The first kappa shape index (κ1) is 16.0. The summed E-state index contributed by atoms with van der Waals surface area (Å²) < 4.78 is 25.6. The van der Waals surface area contributed by atoms with Crippen molar-refractivity contribution in [2.45, 2.75) is 18.9 Å². The standard InChI is InChI=1S/C12H17BrClN3O2S/c1-16(20(2,18)19)10-4-3-5-17(8-10)12-11(14)6-9(13)7-15-12/h6-7,10H,3-5,8H2,1-2H3. The molecule has 0 aromatic carbocycles. The summed E-state index contributed by atoms with van der Waals surface area (Å²) in [5.41, 5.74) is 0. The number of piperidine rings is 1. The number of pyridine rings is 1. The molecule has 1 aromatic rings. The van der Waals surface area contributed by atoms with Gasteiger partial charge in [0.15, 0.2) is 0 Å². The first-order valence-corrected chi connectivity index (χ1v) is 9.30. The Labute approximate surface area is 133 Å². The fourth-order valence-corrected chi connectivity index (χ4v) is 3.82. The number of likely N-dealkylation sites (N-methyl/N-ethyl adjacent to an activating group) is 1. The summed E-state index contributed by atoms with van der Waals surface area (Å²) in [4.78, 5) is 6.38. The maximum absolute atomic E-state index is 11.6. The molecule has 1 unspecified atom stereocenters. The smallest absolute Gasteiger partial charge is 0.211 e. The van der Waals surface area contributed by atoms with Crippen LogP contribution in [0.4, 0.5) is 5.82 Å². The minimum atomic E-state index is -3.18. The van der Waals surface area contributed by atoms with Crippen molar-refractivity contribution in [3.05, 3.63) is 21.8 Å². The summed E-state index contributed by atoms with van der Waals surface area (Å²) in [6.45, 7) is 1.44. The van der Waals surface area contributed by atoms with Gasteiger partial charge in [0.25, 0.3) is 0 Å². The summed E-state index contributed by atoms with van der Waals surface area (Å²) in [5, 5.41) is 0.571. The predicted molar refractivity (Wildman–Crippen MR) is 84.8 cm³/mol. The number of hydrogen-bond donors (Lipinski definition) is 0. The molecule has 1 fully saturated rings. The second-order valence-corrected chi connectivity index (χ2v) is 8.35. The lowest BCUT2D eigenvalue weighted by Gasteiger charge is -2.37. The molecule has 0 bridgehead atoms. The van der Waals surface area contributed by atoms with Crippen LogP contribution in [0.25, 0.3) is 0 Å². The Kier molecular flexibility index (Phi) is 4.94. The quantitative estimate of drug-likeness (QED) is 0.805. The predicted octanol–water partition coefficient (Wildman–Crippen LogP) is 2.36.